The largest absolute Gasteiger partial charge is 0.388 e. The normalized spacial score (nSPS) is 53.4. The van der Waals surface area contributed by atoms with Crippen LogP contribution < -0.4 is 0 Å². The zero-order chi connectivity index (χ0) is 7.14. The Bertz CT molecular complexity index is 121. The lowest BCUT2D eigenvalue weighted by Crippen LogP contribution is -2.28. The van der Waals surface area contributed by atoms with E-state index < -0.39 is 6.10 Å². The van der Waals surface area contributed by atoms with Gasteiger partial charge in [-0.05, 0) is 0 Å². The first kappa shape index (κ1) is 6.58. The molecule has 0 amide bonds. The maximum absolute atomic E-state index is 9.27. The molecule has 0 aliphatic carbocycles. The van der Waals surface area contributed by atoms with Gasteiger partial charge >= 0.3 is 0 Å². The monoisotopic (exact) mass is 144 g/mol. The van der Waals surface area contributed by atoms with Crippen LogP contribution in [0.15, 0.2) is 0 Å². The molecule has 3 heteroatoms. The Morgan fingerprint density at radius 2 is 1.90 bits per heavy atom. The predicted molar refractivity (Wildman–Crippen MR) is 34.7 cm³/mol. The smallest absolute Gasteiger partial charge is 0.112 e. The third-order valence-corrected chi connectivity index (χ3v) is 2.27. The Morgan fingerprint density at radius 3 is 2.60 bits per heavy atom. The van der Waals surface area contributed by atoms with Crippen LogP contribution in [0.4, 0.5) is 0 Å². The van der Waals surface area contributed by atoms with Crippen LogP contribution in [-0.4, -0.2) is 36.6 Å². The van der Waals surface area contributed by atoms with E-state index in [9.17, 15) is 5.11 Å². The topological polar surface area (TPSA) is 38.7 Å². The second-order valence-corrected chi connectivity index (χ2v) is 3.14. The Hall–Kier alpha value is -0.120. The minimum absolute atomic E-state index is 0.0463. The van der Waals surface area contributed by atoms with Gasteiger partial charge in [0, 0.05) is 5.92 Å². The quantitative estimate of drug-likeness (QED) is 0.511. The van der Waals surface area contributed by atoms with Gasteiger partial charge in [-0.15, -0.1) is 0 Å². The van der Waals surface area contributed by atoms with Crippen LogP contribution in [0.25, 0.3) is 0 Å². The highest BCUT2D eigenvalue weighted by Crippen LogP contribution is 2.30. The molecule has 2 fully saturated rings. The summed E-state index contributed by atoms with van der Waals surface area (Å²) in [5.41, 5.74) is 0. The van der Waals surface area contributed by atoms with Crippen molar-refractivity contribution in [3.05, 3.63) is 0 Å². The molecule has 0 bridgehead atoms. The van der Waals surface area contributed by atoms with E-state index >= 15 is 0 Å². The summed E-state index contributed by atoms with van der Waals surface area (Å²) in [6.07, 6.45) is -0.292. The Balaban J connectivity index is 2.09. The lowest BCUT2D eigenvalue weighted by Gasteiger charge is -2.10. The number of ether oxygens (including phenoxy) is 2. The highest BCUT2D eigenvalue weighted by Gasteiger charge is 2.44. The fourth-order valence-corrected chi connectivity index (χ4v) is 1.67. The van der Waals surface area contributed by atoms with Crippen molar-refractivity contribution in [3.8, 4) is 0 Å². The molecule has 2 rings (SSSR count). The predicted octanol–water partition coefficient (Wildman–Crippen LogP) is -0.219. The number of hydrogen-bond donors (Lipinski definition) is 1. The van der Waals surface area contributed by atoms with Gasteiger partial charge in [0.1, 0.15) is 12.2 Å². The van der Waals surface area contributed by atoms with Gasteiger partial charge in [-0.1, -0.05) is 6.92 Å². The van der Waals surface area contributed by atoms with Gasteiger partial charge in [-0.25, -0.2) is 0 Å². The van der Waals surface area contributed by atoms with E-state index in [0.29, 0.717) is 12.5 Å². The van der Waals surface area contributed by atoms with E-state index in [1.165, 1.54) is 0 Å². The van der Waals surface area contributed by atoms with Crippen molar-refractivity contribution in [1.29, 1.82) is 0 Å². The average molecular weight is 144 g/mol. The van der Waals surface area contributed by atoms with Crippen molar-refractivity contribution in [2.45, 2.75) is 25.2 Å². The molecular weight excluding hydrogens is 132 g/mol. The van der Waals surface area contributed by atoms with Gasteiger partial charge in [0.05, 0.1) is 19.3 Å². The van der Waals surface area contributed by atoms with Crippen LogP contribution in [0.5, 0.6) is 0 Å². The van der Waals surface area contributed by atoms with Crippen molar-refractivity contribution in [2.24, 2.45) is 5.92 Å². The standard InChI is InChI=1S/C7H12O3/c1-4-2-9-7-5(8)3-10-6(4)7/h4-8H,2-3H2,1H3/t4-,5?,6+,7+/m0/s1. The minimum atomic E-state index is -0.394. The zero-order valence-electron chi connectivity index (χ0n) is 5.99. The molecule has 2 aliphatic rings. The number of fused-ring (bicyclic) bond motifs is 1. The number of aliphatic hydroxyl groups excluding tert-OH is 1. The van der Waals surface area contributed by atoms with Gasteiger partial charge in [0.2, 0.25) is 0 Å². The molecule has 0 aromatic heterocycles. The minimum Gasteiger partial charge on any atom is -0.388 e. The number of hydrogen-bond acceptors (Lipinski definition) is 3. The summed E-state index contributed by atoms with van der Waals surface area (Å²) in [6.45, 7) is 3.26. The summed E-state index contributed by atoms with van der Waals surface area (Å²) in [6, 6.07) is 0. The van der Waals surface area contributed by atoms with Crippen molar-refractivity contribution in [3.63, 3.8) is 0 Å². The van der Waals surface area contributed by atoms with Crippen LogP contribution in [0.3, 0.4) is 0 Å². The summed E-state index contributed by atoms with van der Waals surface area (Å²) < 4.78 is 10.7. The molecule has 10 heavy (non-hydrogen) atoms. The summed E-state index contributed by atoms with van der Waals surface area (Å²) in [4.78, 5) is 0. The van der Waals surface area contributed by atoms with E-state index in [0.717, 1.165) is 6.61 Å². The maximum Gasteiger partial charge on any atom is 0.112 e. The number of aliphatic hydroxyl groups is 1. The molecule has 0 aromatic carbocycles. The Labute approximate surface area is 59.9 Å². The summed E-state index contributed by atoms with van der Waals surface area (Å²) in [5.74, 6) is 0.446. The second-order valence-electron chi connectivity index (χ2n) is 3.14. The first-order chi connectivity index (χ1) is 4.79. The highest BCUT2D eigenvalue weighted by molar-refractivity contribution is 4.92. The summed E-state index contributed by atoms with van der Waals surface area (Å²) in [5, 5.41) is 9.27. The van der Waals surface area contributed by atoms with Gasteiger partial charge in [0.25, 0.3) is 0 Å². The summed E-state index contributed by atoms with van der Waals surface area (Å²) in [7, 11) is 0. The first-order valence-corrected chi connectivity index (χ1v) is 3.70. The van der Waals surface area contributed by atoms with Gasteiger partial charge in [-0.2, -0.15) is 0 Å². The molecule has 3 nitrogen and oxygen atoms in total. The summed E-state index contributed by atoms with van der Waals surface area (Å²) >= 11 is 0. The van der Waals surface area contributed by atoms with Crippen LogP contribution >= 0.6 is 0 Å². The number of rotatable bonds is 0. The molecule has 1 N–H and O–H groups in total. The molecule has 0 aromatic rings. The Kier molecular flexibility index (Phi) is 1.44. The lowest BCUT2D eigenvalue weighted by molar-refractivity contribution is 0.0173. The first-order valence-electron chi connectivity index (χ1n) is 3.70. The van der Waals surface area contributed by atoms with Gasteiger partial charge < -0.3 is 14.6 Å². The van der Waals surface area contributed by atoms with Crippen molar-refractivity contribution >= 4 is 0 Å². The zero-order valence-corrected chi connectivity index (χ0v) is 5.99. The maximum atomic E-state index is 9.27. The van der Waals surface area contributed by atoms with E-state index in [1.807, 2.05) is 0 Å². The second kappa shape index (κ2) is 2.19. The molecule has 2 heterocycles. The third-order valence-electron chi connectivity index (χ3n) is 2.27. The fourth-order valence-electron chi connectivity index (χ4n) is 1.67. The van der Waals surface area contributed by atoms with E-state index in [1.54, 1.807) is 0 Å². The molecule has 58 valence electrons. The van der Waals surface area contributed by atoms with Crippen LogP contribution in [0.1, 0.15) is 6.92 Å². The Morgan fingerprint density at radius 1 is 1.20 bits per heavy atom. The van der Waals surface area contributed by atoms with Crippen LogP contribution in [-0.2, 0) is 9.47 Å². The molecule has 0 saturated carbocycles. The molecule has 4 atom stereocenters. The van der Waals surface area contributed by atoms with Crippen LogP contribution in [0, 0.1) is 5.92 Å². The van der Waals surface area contributed by atoms with Crippen LogP contribution in [0.2, 0.25) is 0 Å². The van der Waals surface area contributed by atoms with E-state index in [-0.39, 0.29) is 12.2 Å². The molecule has 2 saturated heterocycles. The molecule has 2 aliphatic heterocycles. The SMILES string of the molecule is C[C@H]1CO[C@@H]2C(O)CO[C@@H]21. The van der Waals surface area contributed by atoms with E-state index in [4.69, 9.17) is 9.47 Å². The van der Waals surface area contributed by atoms with Crippen molar-refractivity contribution in [2.75, 3.05) is 13.2 Å². The molecule has 1 unspecified atom stereocenters. The van der Waals surface area contributed by atoms with Crippen molar-refractivity contribution in [1.82, 2.24) is 0 Å². The lowest BCUT2D eigenvalue weighted by atomic mass is 10.0. The van der Waals surface area contributed by atoms with Gasteiger partial charge in [-0.3, -0.25) is 0 Å². The fraction of sp³-hybridized carbons (Fsp3) is 1.00. The average Bonchev–Trinajstić information content (AvgIpc) is 2.41. The molecule has 0 radical (unpaired) electrons. The molecular formula is C7H12O3. The highest BCUT2D eigenvalue weighted by atomic mass is 16.6. The molecule has 0 spiro atoms. The van der Waals surface area contributed by atoms with E-state index in [2.05, 4.69) is 6.92 Å². The van der Waals surface area contributed by atoms with Gasteiger partial charge in [0.15, 0.2) is 0 Å². The third kappa shape index (κ3) is 0.779. The van der Waals surface area contributed by atoms with Crippen molar-refractivity contribution < 1.29 is 14.6 Å².